The maximum absolute atomic E-state index is 10.4. The third kappa shape index (κ3) is 4.07. The first-order chi connectivity index (χ1) is 17.2. The third-order valence-electron chi connectivity index (χ3n) is 7.74. The molecule has 4 fully saturated rings. The molecule has 9 N–H and O–H groups in total. The molecule has 206 valence electrons. The number of aliphatic hydroxyl groups is 9. The molecule has 0 aromatic carbocycles. The number of rotatable bonds is 7. The van der Waals surface area contributed by atoms with Gasteiger partial charge in [0.05, 0.1) is 38.1 Å². The molecule has 0 bridgehead atoms. The molecule has 5 rings (SSSR count). The molecule has 15 nitrogen and oxygen atoms in total. The molecule has 0 unspecified atom stereocenters. The number of fused-ring (bicyclic) bond motifs is 3. The van der Waals surface area contributed by atoms with Gasteiger partial charge in [-0.1, -0.05) is 0 Å². The van der Waals surface area contributed by atoms with Crippen LogP contribution in [0, 0.1) is 11.8 Å². The molecule has 0 aromatic rings. The predicted octanol–water partition coefficient (Wildman–Crippen LogP) is -5.77. The second-order valence-corrected chi connectivity index (χ2v) is 9.72. The minimum atomic E-state index is -1.68. The Morgan fingerprint density at radius 1 is 0.694 bits per heavy atom. The Kier molecular flexibility index (Phi) is 7.34. The Labute approximate surface area is 204 Å². The average molecular weight is 524 g/mol. The van der Waals surface area contributed by atoms with Gasteiger partial charge in [0.2, 0.25) is 6.29 Å². The Hall–Kier alpha value is -1.02. The van der Waals surface area contributed by atoms with Gasteiger partial charge in [0.15, 0.2) is 12.6 Å². The molecular weight excluding hydrogens is 492 g/mol. The normalized spacial score (nSPS) is 56.1. The van der Waals surface area contributed by atoms with Crippen LogP contribution in [-0.2, 0) is 28.4 Å². The Morgan fingerprint density at radius 2 is 1.25 bits per heavy atom. The highest BCUT2D eigenvalue weighted by atomic mass is 16.8. The fourth-order valence-corrected chi connectivity index (χ4v) is 5.64. The minimum absolute atomic E-state index is 0.473. The minimum Gasteiger partial charge on any atom is -0.472 e. The van der Waals surface area contributed by atoms with E-state index in [1.54, 1.807) is 6.08 Å². The van der Waals surface area contributed by atoms with Crippen LogP contribution >= 0.6 is 0 Å². The molecular formula is C21H32O15. The maximum Gasteiger partial charge on any atom is 0.208 e. The van der Waals surface area contributed by atoms with Crippen molar-refractivity contribution in [3.8, 4) is 0 Å². The first kappa shape index (κ1) is 26.6. The maximum atomic E-state index is 10.4. The lowest BCUT2D eigenvalue weighted by molar-refractivity contribution is -0.347. The second kappa shape index (κ2) is 9.94. The summed E-state index contributed by atoms with van der Waals surface area (Å²) in [6, 6.07) is 0. The molecule has 3 saturated heterocycles. The average Bonchev–Trinajstić information content (AvgIpc) is 3.56. The van der Waals surface area contributed by atoms with Crippen LogP contribution in [0.1, 0.15) is 0 Å². The largest absolute Gasteiger partial charge is 0.472 e. The fourth-order valence-electron chi connectivity index (χ4n) is 5.64. The van der Waals surface area contributed by atoms with E-state index in [4.69, 9.17) is 28.4 Å². The van der Waals surface area contributed by atoms with Crippen LogP contribution in [0.4, 0.5) is 0 Å². The SMILES string of the molecule is OC[C@H]1O[C@H](O[C@H]2[C@@H]3C=CO[C@@H](O[C@@H]4O[C@H](CO)[C@@H](O)[C@H](O)[C@H]4O)[C@@H]3[C@@]3(CO)O[C@@H]23)[C@H](O)[C@@H](O)[C@H]1O. The lowest BCUT2D eigenvalue weighted by Crippen LogP contribution is -2.61. The van der Waals surface area contributed by atoms with Gasteiger partial charge >= 0.3 is 0 Å². The van der Waals surface area contributed by atoms with Gasteiger partial charge in [-0.25, -0.2) is 0 Å². The molecule has 16 atom stereocenters. The molecule has 0 radical (unpaired) electrons. The van der Waals surface area contributed by atoms with Crippen molar-refractivity contribution in [1.82, 2.24) is 0 Å². The zero-order valence-electron chi connectivity index (χ0n) is 18.9. The standard InChI is InChI=1S/C21H32O15/c22-3-7-10(25)12(27)14(29)19(32-7)34-16-6-1-2-31-18(9(6)21(5-24)17(16)36-21)35-20-15(30)13(28)11(26)8(4-23)33-20/h1-2,6-20,22-30H,3-5H2/t6-,7-,8-,9-,10+,11-,12+,13+,14-,15-,16+,17+,18+,19-,20+,21-/m1/s1. The van der Waals surface area contributed by atoms with E-state index in [0.717, 1.165) is 0 Å². The summed E-state index contributed by atoms with van der Waals surface area (Å²) in [5.74, 6) is -1.29. The summed E-state index contributed by atoms with van der Waals surface area (Å²) in [6.07, 6.45) is -14.9. The number of hydrogen-bond donors (Lipinski definition) is 9. The van der Waals surface area contributed by atoms with Crippen molar-refractivity contribution in [2.75, 3.05) is 19.8 Å². The van der Waals surface area contributed by atoms with Crippen LogP contribution in [0.2, 0.25) is 0 Å². The van der Waals surface area contributed by atoms with Crippen LogP contribution < -0.4 is 0 Å². The van der Waals surface area contributed by atoms with Crippen LogP contribution in [-0.4, -0.2) is 151 Å². The van der Waals surface area contributed by atoms with Crippen LogP contribution in [0.5, 0.6) is 0 Å². The number of ether oxygens (including phenoxy) is 6. The monoisotopic (exact) mass is 524 g/mol. The van der Waals surface area contributed by atoms with Crippen molar-refractivity contribution < 1.29 is 74.4 Å². The van der Waals surface area contributed by atoms with E-state index >= 15 is 0 Å². The highest BCUT2D eigenvalue weighted by Gasteiger charge is 2.77. The molecule has 5 aliphatic rings. The van der Waals surface area contributed by atoms with E-state index in [1.165, 1.54) is 6.26 Å². The number of aliphatic hydroxyl groups excluding tert-OH is 9. The van der Waals surface area contributed by atoms with Crippen molar-refractivity contribution >= 4 is 0 Å². The van der Waals surface area contributed by atoms with E-state index in [0.29, 0.717) is 0 Å². The summed E-state index contributed by atoms with van der Waals surface area (Å²) in [5, 5.41) is 89.9. The molecule has 15 heteroatoms. The van der Waals surface area contributed by atoms with Crippen LogP contribution in [0.25, 0.3) is 0 Å². The Morgan fingerprint density at radius 3 is 1.78 bits per heavy atom. The zero-order valence-corrected chi connectivity index (χ0v) is 18.9. The smallest absolute Gasteiger partial charge is 0.208 e. The van der Waals surface area contributed by atoms with E-state index in [-0.39, 0.29) is 0 Å². The first-order valence-electron chi connectivity index (χ1n) is 11.7. The Balaban J connectivity index is 1.34. The van der Waals surface area contributed by atoms with Crippen molar-refractivity contribution in [2.24, 2.45) is 11.8 Å². The van der Waals surface area contributed by atoms with Gasteiger partial charge in [0, 0.05) is 5.92 Å². The molecule has 0 amide bonds. The predicted molar refractivity (Wildman–Crippen MR) is 109 cm³/mol. The highest BCUT2D eigenvalue weighted by molar-refractivity contribution is 5.25. The fraction of sp³-hybridized carbons (Fsp3) is 0.905. The molecule has 4 heterocycles. The van der Waals surface area contributed by atoms with E-state index < -0.39 is 117 Å². The lowest BCUT2D eigenvalue weighted by Gasteiger charge is -2.44. The highest BCUT2D eigenvalue weighted by Crippen LogP contribution is 2.61. The lowest BCUT2D eigenvalue weighted by atomic mass is 9.85. The summed E-state index contributed by atoms with van der Waals surface area (Å²) in [6.45, 7) is -1.76. The first-order valence-corrected chi connectivity index (χ1v) is 11.7. The van der Waals surface area contributed by atoms with Crippen molar-refractivity contribution in [1.29, 1.82) is 0 Å². The summed E-state index contributed by atoms with van der Waals surface area (Å²) in [5.41, 5.74) is -1.20. The summed E-state index contributed by atoms with van der Waals surface area (Å²) in [7, 11) is 0. The van der Waals surface area contributed by atoms with Gasteiger partial charge < -0.3 is 74.4 Å². The summed E-state index contributed by atoms with van der Waals surface area (Å²) in [4.78, 5) is 0. The molecule has 0 spiro atoms. The molecule has 1 aliphatic carbocycles. The number of epoxide rings is 1. The van der Waals surface area contributed by atoms with E-state index in [9.17, 15) is 46.0 Å². The van der Waals surface area contributed by atoms with Gasteiger partial charge in [-0.3, -0.25) is 0 Å². The van der Waals surface area contributed by atoms with Gasteiger partial charge in [-0.15, -0.1) is 0 Å². The molecule has 1 saturated carbocycles. The Bertz CT molecular complexity index is 810. The van der Waals surface area contributed by atoms with Gasteiger partial charge in [0.25, 0.3) is 0 Å². The summed E-state index contributed by atoms with van der Waals surface area (Å²) >= 11 is 0. The molecule has 0 aromatic heterocycles. The molecule has 4 aliphatic heterocycles. The van der Waals surface area contributed by atoms with Gasteiger partial charge in [-0.2, -0.15) is 0 Å². The van der Waals surface area contributed by atoms with E-state index in [2.05, 4.69) is 0 Å². The summed E-state index contributed by atoms with van der Waals surface area (Å²) < 4.78 is 34.0. The van der Waals surface area contributed by atoms with Gasteiger partial charge in [-0.05, 0) is 6.08 Å². The molecule has 36 heavy (non-hydrogen) atoms. The van der Waals surface area contributed by atoms with Crippen LogP contribution in [0.3, 0.4) is 0 Å². The second-order valence-electron chi connectivity index (χ2n) is 9.72. The van der Waals surface area contributed by atoms with E-state index in [1.807, 2.05) is 0 Å². The van der Waals surface area contributed by atoms with Gasteiger partial charge in [0.1, 0.15) is 60.5 Å². The topological polar surface area (TPSA) is 241 Å². The quantitative estimate of drug-likeness (QED) is 0.141. The zero-order chi connectivity index (χ0) is 25.9. The van der Waals surface area contributed by atoms with Crippen LogP contribution in [0.15, 0.2) is 12.3 Å². The number of hydrogen-bond acceptors (Lipinski definition) is 15. The van der Waals surface area contributed by atoms with Crippen molar-refractivity contribution in [3.05, 3.63) is 12.3 Å². The van der Waals surface area contributed by atoms with Crippen molar-refractivity contribution in [3.63, 3.8) is 0 Å². The third-order valence-corrected chi connectivity index (χ3v) is 7.74. The van der Waals surface area contributed by atoms with Crippen molar-refractivity contribution in [2.45, 2.75) is 85.5 Å².